The zero-order valence-electron chi connectivity index (χ0n) is 16.9. The maximum absolute atomic E-state index is 13.2. The van der Waals surface area contributed by atoms with Crippen molar-refractivity contribution in [2.45, 2.75) is 13.0 Å². The minimum Gasteiger partial charge on any atom is -0.497 e. The van der Waals surface area contributed by atoms with E-state index in [9.17, 15) is 4.79 Å². The highest BCUT2D eigenvalue weighted by molar-refractivity contribution is 5.99. The molecule has 0 bridgehead atoms. The van der Waals surface area contributed by atoms with Crippen molar-refractivity contribution >= 4 is 33.4 Å². The Bertz CT molecular complexity index is 1230. The number of carbonyl (C=O) groups excluding carboxylic acids is 1. The number of aromatic nitrogens is 2. The average molecular weight is 388 g/mol. The highest BCUT2D eigenvalue weighted by atomic mass is 16.5. The third kappa shape index (κ3) is 2.92. The molecule has 0 aliphatic carbocycles. The number of ether oxygens (including phenoxy) is 1. The maximum atomic E-state index is 13.2. The van der Waals surface area contributed by atoms with Gasteiger partial charge in [-0.25, -0.2) is 0 Å². The summed E-state index contributed by atoms with van der Waals surface area (Å²) in [4.78, 5) is 24.0. The molecule has 1 aliphatic rings. The van der Waals surface area contributed by atoms with Gasteiger partial charge in [0.05, 0.1) is 7.11 Å². The van der Waals surface area contributed by atoms with Gasteiger partial charge in [-0.2, -0.15) is 0 Å². The quantitative estimate of drug-likeness (QED) is 0.559. The SMILES string of the molecule is COc1ccc2[nH]c3c(c2c1)CN(C(=O)c1cc2ccc(N(C)C)cc2[nH]1)CC3. The van der Waals surface area contributed by atoms with Crippen LogP contribution in [0.25, 0.3) is 21.8 Å². The molecule has 29 heavy (non-hydrogen) atoms. The number of nitrogens with zero attached hydrogens (tertiary/aromatic N) is 2. The van der Waals surface area contributed by atoms with Crippen molar-refractivity contribution in [1.82, 2.24) is 14.9 Å². The molecule has 2 aromatic carbocycles. The standard InChI is InChI=1S/C23H24N4O2/c1-26(2)15-5-4-14-10-22(25-21(14)11-15)23(28)27-9-8-20-18(13-27)17-12-16(29-3)6-7-19(17)24-20/h4-7,10-12,24-25H,8-9,13H2,1-3H3. The Morgan fingerprint density at radius 2 is 1.93 bits per heavy atom. The molecular formula is C23H24N4O2. The number of methoxy groups -OCH3 is 1. The van der Waals surface area contributed by atoms with Crippen LogP contribution in [0.1, 0.15) is 21.7 Å². The van der Waals surface area contributed by atoms with E-state index >= 15 is 0 Å². The van der Waals surface area contributed by atoms with Crippen LogP contribution < -0.4 is 9.64 Å². The summed E-state index contributed by atoms with van der Waals surface area (Å²) in [5, 5.41) is 2.18. The Hall–Kier alpha value is -3.41. The number of hydrogen-bond donors (Lipinski definition) is 2. The number of carbonyl (C=O) groups is 1. The number of amides is 1. The summed E-state index contributed by atoms with van der Waals surface area (Å²) in [6.45, 7) is 1.30. The first-order valence-corrected chi connectivity index (χ1v) is 9.80. The van der Waals surface area contributed by atoms with E-state index < -0.39 is 0 Å². The van der Waals surface area contributed by atoms with Crippen molar-refractivity contribution in [3.8, 4) is 5.75 Å². The van der Waals surface area contributed by atoms with E-state index in [0.29, 0.717) is 18.8 Å². The summed E-state index contributed by atoms with van der Waals surface area (Å²) in [6, 6.07) is 14.2. The van der Waals surface area contributed by atoms with Gasteiger partial charge in [0, 0.05) is 72.4 Å². The van der Waals surface area contributed by atoms with E-state index in [0.717, 1.165) is 39.7 Å². The molecule has 1 amide bonds. The lowest BCUT2D eigenvalue weighted by atomic mass is 10.0. The fourth-order valence-electron chi connectivity index (χ4n) is 4.17. The summed E-state index contributed by atoms with van der Waals surface area (Å²) in [6.07, 6.45) is 0.822. The highest BCUT2D eigenvalue weighted by Gasteiger charge is 2.26. The first kappa shape index (κ1) is 17.7. The fourth-order valence-corrected chi connectivity index (χ4v) is 4.17. The van der Waals surface area contributed by atoms with Gasteiger partial charge in [-0.3, -0.25) is 4.79 Å². The van der Waals surface area contributed by atoms with Crippen LogP contribution in [0.5, 0.6) is 5.75 Å². The lowest BCUT2D eigenvalue weighted by Gasteiger charge is -2.27. The summed E-state index contributed by atoms with van der Waals surface area (Å²) in [7, 11) is 5.70. The van der Waals surface area contributed by atoms with Gasteiger partial charge in [0.2, 0.25) is 0 Å². The number of nitrogens with one attached hydrogen (secondary N) is 2. The molecule has 148 valence electrons. The first-order chi connectivity index (χ1) is 14.0. The van der Waals surface area contributed by atoms with Crippen LogP contribution in [-0.4, -0.2) is 48.5 Å². The van der Waals surface area contributed by atoms with Crippen LogP contribution in [0.15, 0.2) is 42.5 Å². The summed E-state index contributed by atoms with van der Waals surface area (Å²) in [5.41, 5.74) is 6.21. The van der Waals surface area contributed by atoms with Crippen LogP contribution in [0.3, 0.4) is 0 Å². The number of rotatable bonds is 3. The number of anilines is 1. The molecule has 4 aromatic rings. The van der Waals surface area contributed by atoms with Crippen LogP contribution >= 0.6 is 0 Å². The second kappa shape index (κ2) is 6.58. The van der Waals surface area contributed by atoms with E-state index in [1.807, 2.05) is 43.3 Å². The topological polar surface area (TPSA) is 64.4 Å². The van der Waals surface area contributed by atoms with Crippen LogP contribution in [0.2, 0.25) is 0 Å². The molecule has 3 heterocycles. The van der Waals surface area contributed by atoms with Crippen molar-refractivity contribution in [2.75, 3.05) is 32.6 Å². The Morgan fingerprint density at radius 3 is 2.72 bits per heavy atom. The normalized spacial score (nSPS) is 13.7. The molecule has 0 radical (unpaired) electrons. The summed E-state index contributed by atoms with van der Waals surface area (Å²) in [5.74, 6) is 0.866. The van der Waals surface area contributed by atoms with Gasteiger partial charge in [-0.15, -0.1) is 0 Å². The van der Waals surface area contributed by atoms with Gasteiger partial charge >= 0.3 is 0 Å². The second-order valence-corrected chi connectivity index (χ2v) is 7.82. The highest BCUT2D eigenvalue weighted by Crippen LogP contribution is 2.31. The number of hydrogen-bond acceptors (Lipinski definition) is 3. The zero-order valence-corrected chi connectivity index (χ0v) is 16.9. The van der Waals surface area contributed by atoms with Gasteiger partial charge in [0.1, 0.15) is 11.4 Å². The van der Waals surface area contributed by atoms with Crippen molar-refractivity contribution in [2.24, 2.45) is 0 Å². The molecule has 5 rings (SSSR count). The average Bonchev–Trinajstić information content (AvgIpc) is 3.32. The van der Waals surface area contributed by atoms with Crippen molar-refractivity contribution < 1.29 is 9.53 Å². The van der Waals surface area contributed by atoms with Crippen LogP contribution in [0, 0.1) is 0 Å². The van der Waals surface area contributed by atoms with Gasteiger partial charge in [0.25, 0.3) is 5.91 Å². The smallest absolute Gasteiger partial charge is 0.270 e. The maximum Gasteiger partial charge on any atom is 0.270 e. The van der Waals surface area contributed by atoms with E-state index in [1.165, 1.54) is 11.3 Å². The monoisotopic (exact) mass is 388 g/mol. The van der Waals surface area contributed by atoms with Gasteiger partial charge in [0.15, 0.2) is 0 Å². The Labute approximate surface area is 169 Å². The molecule has 2 N–H and O–H groups in total. The van der Waals surface area contributed by atoms with Crippen molar-refractivity contribution in [1.29, 1.82) is 0 Å². The van der Waals surface area contributed by atoms with Gasteiger partial charge in [-0.1, -0.05) is 6.07 Å². The van der Waals surface area contributed by atoms with Gasteiger partial charge < -0.3 is 24.5 Å². The number of H-pyrrole nitrogens is 2. The van der Waals surface area contributed by atoms with E-state index in [2.05, 4.69) is 33.1 Å². The lowest BCUT2D eigenvalue weighted by Crippen LogP contribution is -2.35. The minimum atomic E-state index is 0.0375. The molecular weight excluding hydrogens is 364 g/mol. The van der Waals surface area contributed by atoms with Crippen LogP contribution in [-0.2, 0) is 13.0 Å². The van der Waals surface area contributed by atoms with E-state index in [1.54, 1.807) is 7.11 Å². The molecule has 0 spiro atoms. The third-order valence-electron chi connectivity index (χ3n) is 5.82. The molecule has 0 saturated heterocycles. The van der Waals surface area contributed by atoms with Gasteiger partial charge in [-0.05, 0) is 36.4 Å². The third-order valence-corrected chi connectivity index (χ3v) is 5.82. The molecule has 0 fully saturated rings. The Balaban J connectivity index is 1.46. The minimum absolute atomic E-state index is 0.0375. The molecule has 1 aliphatic heterocycles. The van der Waals surface area contributed by atoms with Crippen LogP contribution in [0.4, 0.5) is 5.69 Å². The number of aromatic amines is 2. The number of benzene rings is 2. The second-order valence-electron chi connectivity index (χ2n) is 7.82. The Kier molecular flexibility index (Phi) is 4.01. The molecule has 6 heteroatoms. The summed E-state index contributed by atoms with van der Waals surface area (Å²) >= 11 is 0. The largest absolute Gasteiger partial charge is 0.497 e. The molecule has 2 aromatic heterocycles. The summed E-state index contributed by atoms with van der Waals surface area (Å²) < 4.78 is 5.38. The molecule has 6 nitrogen and oxygen atoms in total. The predicted octanol–water partition coefficient (Wildman–Crippen LogP) is 3.92. The Morgan fingerprint density at radius 1 is 1.07 bits per heavy atom. The lowest BCUT2D eigenvalue weighted by molar-refractivity contribution is 0.0730. The zero-order chi connectivity index (χ0) is 20.1. The molecule has 0 atom stereocenters. The van der Waals surface area contributed by atoms with E-state index in [4.69, 9.17) is 4.74 Å². The van der Waals surface area contributed by atoms with Crippen molar-refractivity contribution in [3.05, 3.63) is 59.4 Å². The van der Waals surface area contributed by atoms with Crippen molar-refractivity contribution in [3.63, 3.8) is 0 Å². The molecule has 0 saturated carbocycles. The molecule has 0 unspecified atom stereocenters. The first-order valence-electron chi connectivity index (χ1n) is 9.80. The van der Waals surface area contributed by atoms with E-state index in [-0.39, 0.29) is 5.91 Å². The number of fused-ring (bicyclic) bond motifs is 4. The fraction of sp³-hybridized carbons (Fsp3) is 0.261. The predicted molar refractivity (Wildman–Crippen MR) is 116 cm³/mol.